The highest BCUT2D eigenvalue weighted by molar-refractivity contribution is 6.39. The van der Waals surface area contributed by atoms with Crippen molar-refractivity contribution < 1.29 is 23.9 Å². The molecule has 0 bridgehead atoms. The van der Waals surface area contributed by atoms with Crippen LogP contribution in [0, 0.1) is 0 Å². The second-order valence-electron chi connectivity index (χ2n) is 8.83. The summed E-state index contributed by atoms with van der Waals surface area (Å²) in [5, 5.41) is 2.91. The Balaban J connectivity index is 1.70. The van der Waals surface area contributed by atoms with Gasteiger partial charge in [-0.15, -0.1) is 6.58 Å². The average molecular weight is 545 g/mol. The second-order valence-corrected chi connectivity index (χ2v) is 9.26. The molecule has 0 atom stereocenters. The quantitative estimate of drug-likeness (QED) is 0.184. The van der Waals surface area contributed by atoms with Gasteiger partial charge in [-0.05, 0) is 78.9 Å². The van der Waals surface area contributed by atoms with Crippen molar-refractivity contribution in [1.82, 2.24) is 5.32 Å². The largest absolute Gasteiger partial charge is 0.490 e. The zero-order chi connectivity index (χ0) is 27.9. The fraction of sp³-hybridized carbons (Fsp3) is 0.194. The van der Waals surface area contributed by atoms with Crippen LogP contribution in [0.5, 0.6) is 11.5 Å². The van der Waals surface area contributed by atoms with Crippen LogP contribution in [0.4, 0.5) is 10.5 Å². The number of benzene rings is 3. The molecule has 1 heterocycles. The van der Waals surface area contributed by atoms with Gasteiger partial charge in [-0.2, -0.15) is 0 Å². The Bertz CT molecular complexity index is 1430. The summed E-state index contributed by atoms with van der Waals surface area (Å²) in [6.07, 6.45) is 4.46. The molecule has 0 aromatic heterocycles. The van der Waals surface area contributed by atoms with Crippen LogP contribution in [0.25, 0.3) is 6.08 Å². The number of hydrogen-bond donors (Lipinski definition) is 1. The van der Waals surface area contributed by atoms with Crippen molar-refractivity contribution in [3.8, 4) is 11.5 Å². The number of allylic oxidation sites excluding steroid dienone is 1. The highest BCUT2D eigenvalue weighted by atomic mass is 35.5. The highest BCUT2D eigenvalue weighted by Gasteiger charge is 2.36. The van der Waals surface area contributed by atoms with Crippen LogP contribution in [-0.2, 0) is 29.0 Å². The maximum atomic E-state index is 13.4. The summed E-state index contributed by atoms with van der Waals surface area (Å²) in [5.41, 5.74) is 3.51. The second kappa shape index (κ2) is 12.5. The Morgan fingerprint density at radius 1 is 0.949 bits per heavy atom. The van der Waals surface area contributed by atoms with E-state index in [2.05, 4.69) is 11.9 Å². The van der Waals surface area contributed by atoms with Gasteiger partial charge in [0.25, 0.3) is 11.8 Å². The number of anilines is 1. The molecular weight excluding hydrogens is 516 g/mol. The molecule has 8 heteroatoms. The van der Waals surface area contributed by atoms with E-state index in [0.717, 1.165) is 28.0 Å². The Labute approximate surface area is 232 Å². The van der Waals surface area contributed by atoms with Crippen molar-refractivity contribution in [3.63, 3.8) is 0 Å². The van der Waals surface area contributed by atoms with Crippen LogP contribution in [0.1, 0.15) is 36.1 Å². The summed E-state index contributed by atoms with van der Waals surface area (Å²) >= 11 is 5.99. The van der Waals surface area contributed by atoms with Crippen LogP contribution in [-0.4, -0.2) is 24.5 Å². The van der Waals surface area contributed by atoms with E-state index in [4.69, 9.17) is 21.1 Å². The van der Waals surface area contributed by atoms with Gasteiger partial charge in [-0.3, -0.25) is 14.9 Å². The minimum atomic E-state index is -0.792. The maximum absolute atomic E-state index is 13.4. The van der Waals surface area contributed by atoms with E-state index in [1.165, 1.54) is 6.08 Å². The van der Waals surface area contributed by atoms with E-state index in [1.807, 2.05) is 44.2 Å². The molecule has 4 amide bonds. The Morgan fingerprint density at radius 3 is 2.28 bits per heavy atom. The van der Waals surface area contributed by atoms with E-state index >= 15 is 0 Å². The number of aryl methyl sites for hydroxylation is 1. The third-order valence-corrected chi connectivity index (χ3v) is 6.38. The van der Waals surface area contributed by atoms with Crippen LogP contribution in [0.15, 0.2) is 78.9 Å². The Kier molecular flexibility index (Phi) is 8.84. The van der Waals surface area contributed by atoms with E-state index in [0.29, 0.717) is 40.8 Å². The van der Waals surface area contributed by atoms with Crippen LogP contribution in [0.3, 0.4) is 0 Å². The molecular formula is C31H29ClN2O5. The van der Waals surface area contributed by atoms with Gasteiger partial charge in [-0.25, -0.2) is 9.69 Å². The minimum Gasteiger partial charge on any atom is -0.490 e. The third kappa shape index (κ3) is 6.38. The lowest BCUT2D eigenvalue weighted by Crippen LogP contribution is -2.54. The molecule has 0 spiro atoms. The predicted molar refractivity (Wildman–Crippen MR) is 152 cm³/mol. The maximum Gasteiger partial charge on any atom is 0.335 e. The number of halogens is 1. The van der Waals surface area contributed by atoms with E-state index in [9.17, 15) is 14.4 Å². The number of ether oxygens (including phenoxy) is 2. The molecule has 1 fully saturated rings. The van der Waals surface area contributed by atoms with Crippen molar-refractivity contribution in [2.24, 2.45) is 0 Å². The van der Waals surface area contributed by atoms with Gasteiger partial charge in [0.15, 0.2) is 11.5 Å². The zero-order valence-corrected chi connectivity index (χ0v) is 22.6. The fourth-order valence-corrected chi connectivity index (χ4v) is 4.30. The molecule has 0 radical (unpaired) electrons. The van der Waals surface area contributed by atoms with Gasteiger partial charge in [0.05, 0.1) is 12.3 Å². The lowest BCUT2D eigenvalue weighted by Gasteiger charge is -2.26. The van der Waals surface area contributed by atoms with Crippen LogP contribution < -0.4 is 19.7 Å². The number of imide groups is 2. The SMILES string of the molecule is C=CCc1cc(/C=C2/C(=O)NC(=O)N(c3ccc(CC)cc3)C2=O)cc(OCC)c1OCc1ccc(Cl)cc1. The number of hydrogen-bond acceptors (Lipinski definition) is 5. The molecule has 1 saturated heterocycles. The van der Waals surface area contributed by atoms with Crippen molar-refractivity contribution >= 4 is 41.2 Å². The van der Waals surface area contributed by atoms with Crippen molar-refractivity contribution in [1.29, 1.82) is 0 Å². The number of carbonyl (C=O) groups is 3. The summed E-state index contributed by atoms with van der Waals surface area (Å²) in [7, 11) is 0. The number of carbonyl (C=O) groups excluding carboxylic acids is 3. The van der Waals surface area contributed by atoms with Gasteiger partial charge in [0.1, 0.15) is 12.2 Å². The fourth-order valence-electron chi connectivity index (χ4n) is 4.18. The molecule has 200 valence electrons. The monoisotopic (exact) mass is 544 g/mol. The first-order chi connectivity index (χ1) is 18.8. The molecule has 3 aromatic rings. The average Bonchev–Trinajstić information content (AvgIpc) is 2.92. The smallest absolute Gasteiger partial charge is 0.335 e. The first kappa shape index (κ1) is 27.7. The van der Waals surface area contributed by atoms with Gasteiger partial charge in [-0.1, -0.05) is 48.9 Å². The van der Waals surface area contributed by atoms with Crippen molar-refractivity contribution in [2.45, 2.75) is 33.3 Å². The summed E-state index contributed by atoms with van der Waals surface area (Å²) in [6.45, 7) is 8.38. The lowest BCUT2D eigenvalue weighted by molar-refractivity contribution is -0.122. The summed E-state index contributed by atoms with van der Waals surface area (Å²) in [5.74, 6) is -0.470. The summed E-state index contributed by atoms with van der Waals surface area (Å²) in [6, 6.07) is 17.1. The predicted octanol–water partition coefficient (Wildman–Crippen LogP) is 6.28. The molecule has 4 rings (SSSR count). The normalized spacial score (nSPS) is 14.4. The zero-order valence-electron chi connectivity index (χ0n) is 21.8. The number of nitrogens with one attached hydrogen (secondary N) is 1. The van der Waals surface area contributed by atoms with Crippen molar-refractivity contribution in [3.05, 3.63) is 106 Å². The minimum absolute atomic E-state index is 0.170. The molecule has 1 aliphatic heterocycles. The van der Waals surface area contributed by atoms with Crippen LogP contribution in [0.2, 0.25) is 5.02 Å². The molecule has 0 aliphatic carbocycles. The van der Waals surface area contributed by atoms with Gasteiger partial charge < -0.3 is 9.47 Å². The number of barbiturate groups is 1. The molecule has 1 aliphatic rings. The Hall–Kier alpha value is -4.36. The standard InChI is InChI=1S/C31H29ClN2O5/c1-4-7-23-16-22(18-27(38-6-3)28(23)39-19-21-8-12-24(32)13-9-21)17-26-29(35)33-31(37)34(30(26)36)25-14-10-20(5-2)11-15-25/h4,8-18H,1,5-7,19H2,2-3H3,(H,33,35,37)/b26-17-. The number of amides is 4. The van der Waals surface area contributed by atoms with Crippen molar-refractivity contribution in [2.75, 3.05) is 11.5 Å². The molecule has 7 nitrogen and oxygen atoms in total. The summed E-state index contributed by atoms with van der Waals surface area (Å²) in [4.78, 5) is 39.7. The lowest BCUT2D eigenvalue weighted by atomic mass is 10.0. The molecule has 39 heavy (non-hydrogen) atoms. The summed E-state index contributed by atoms with van der Waals surface area (Å²) < 4.78 is 12.0. The third-order valence-electron chi connectivity index (χ3n) is 6.13. The van der Waals surface area contributed by atoms with E-state index in [-0.39, 0.29) is 12.2 Å². The number of urea groups is 1. The number of rotatable bonds is 10. The number of nitrogens with zero attached hydrogens (tertiary/aromatic N) is 1. The molecule has 0 saturated carbocycles. The van der Waals surface area contributed by atoms with Gasteiger partial charge in [0, 0.05) is 10.6 Å². The van der Waals surface area contributed by atoms with E-state index in [1.54, 1.807) is 36.4 Å². The van der Waals surface area contributed by atoms with E-state index < -0.39 is 17.8 Å². The molecule has 0 unspecified atom stereocenters. The van der Waals surface area contributed by atoms with Gasteiger partial charge in [0.2, 0.25) is 0 Å². The first-order valence-electron chi connectivity index (χ1n) is 12.6. The van der Waals surface area contributed by atoms with Crippen LogP contribution >= 0.6 is 11.6 Å². The highest BCUT2D eigenvalue weighted by Crippen LogP contribution is 2.36. The Morgan fingerprint density at radius 2 is 1.64 bits per heavy atom. The topological polar surface area (TPSA) is 84.9 Å². The van der Waals surface area contributed by atoms with Gasteiger partial charge >= 0.3 is 6.03 Å². The molecule has 3 aromatic carbocycles. The first-order valence-corrected chi connectivity index (χ1v) is 13.0. The molecule has 1 N–H and O–H groups in total.